The lowest BCUT2D eigenvalue weighted by Gasteiger charge is -2.29. The minimum atomic E-state index is 0.180. The molecule has 0 radical (unpaired) electrons. The quantitative estimate of drug-likeness (QED) is 0.907. The normalized spacial score (nSPS) is 20.6. The van der Waals surface area contributed by atoms with Crippen molar-refractivity contribution in [3.05, 3.63) is 35.4 Å². The van der Waals surface area contributed by atoms with E-state index in [1.165, 1.54) is 11.1 Å². The van der Waals surface area contributed by atoms with Crippen LogP contribution in [0.15, 0.2) is 24.3 Å². The van der Waals surface area contributed by atoms with Crippen LogP contribution in [0.4, 0.5) is 0 Å². The van der Waals surface area contributed by atoms with Crippen LogP contribution in [-0.4, -0.2) is 24.5 Å². The van der Waals surface area contributed by atoms with Crippen molar-refractivity contribution in [2.24, 2.45) is 5.73 Å². The van der Waals surface area contributed by atoms with E-state index in [-0.39, 0.29) is 6.04 Å². The molecule has 0 saturated carbocycles. The van der Waals surface area contributed by atoms with Crippen LogP contribution < -0.4 is 5.73 Å². The molecule has 2 rings (SSSR count). The maximum atomic E-state index is 6.20. The Balaban J connectivity index is 2.10. The van der Waals surface area contributed by atoms with Gasteiger partial charge in [0.15, 0.2) is 0 Å². The van der Waals surface area contributed by atoms with Crippen molar-refractivity contribution < 1.29 is 4.74 Å². The molecular weight excluding hydrogens is 242 g/mol. The molecule has 0 aromatic heterocycles. The standard InChI is InChI=1S/C15H23NOS/c1-11-5-3-4-6-14(11)15(12(2)16)18-13-7-9-17-10-8-13/h3-6,12-13,15H,7-10,16H2,1-2H3. The van der Waals surface area contributed by atoms with Gasteiger partial charge in [-0.15, -0.1) is 11.8 Å². The summed E-state index contributed by atoms with van der Waals surface area (Å²) in [4.78, 5) is 0. The highest BCUT2D eigenvalue weighted by Crippen LogP contribution is 2.39. The summed E-state index contributed by atoms with van der Waals surface area (Å²) in [6, 6.07) is 8.78. The second-order valence-corrected chi connectivity index (χ2v) is 6.53. The fourth-order valence-electron chi connectivity index (χ4n) is 2.41. The number of aryl methyl sites for hydroxylation is 1. The number of hydrogen-bond acceptors (Lipinski definition) is 3. The Morgan fingerprint density at radius 2 is 1.94 bits per heavy atom. The molecule has 2 nitrogen and oxygen atoms in total. The van der Waals surface area contributed by atoms with E-state index in [4.69, 9.17) is 10.5 Å². The molecule has 0 spiro atoms. The zero-order valence-electron chi connectivity index (χ0n) is 11.3. The number of thioether (sulfide) groups is 1. The zero-order chi connectivity index (χ0) is 13.0. The first kappa shape index (κ1) is 13.9. The van der Waals surface area contributed by atoms with Gasteiger partial charge in [-0.05, 0) is 37.8 Å². The summed E-state index contributed by atoms with van der Waals surface area (Å²) in [7, 11) is 0. The average molecular weight is 265 g/mol. The van der Waals surface area contributed by atoms with Crippen LogP contribution >= 0.6 is 11.8 Å². The van der Waals surface area contributed by atoms with E-state index in [9.17, 15) is 0 Å². The fourth-order valence-corrected chi connectivity index (χ4v) is 3.94. The van der Waals surface area contributed by atoms with Crippen molar-refractivity contribution in [1.82, 2.24) is 0 Å². The monoisotopic (exact) mass is 265 g/mol. The minimum absolute atomic E-state index is 0.180. The summed E-state index contributed by atoms with van der Waals surface area (Å²) in [5.74, 6) is 0. The molecule has 0 amide bonds. The predicted octanol–water partition coefficient (Wildman–Crippen LogP) is 3.30. The fraction of sp³-hybridized carbons (Fsp3) is 0.600. The van der Waals surface area contributed by atoms with Gasteiger partial charge in [-0.25, -0.2) is 0 Å². The number of benzene rings is 1. The van der Waals surface area contributed by atoms with E-state index >= 15 is 0 Å². The summed E-state index contributed by atoms with van der Waals surface area (Å²) in [5, 5.41) is 1.09. The van der Waals surface area contributed by atoms with E-state index in [0.717, 1.165) is 26.1 Å². The highest BCUT2D eigenvalue weighted by molar-refractivity contribution is 8.00. The number of nitrogens with two attached hydrogens (primary N) is 1. The Hall–Kier alpha value is -0.510. The summed E-state index contributed by atoms with van der Waals surface area (Å²) in [6.45, 7) is 6.09. The van der Waals surface area contributed by atoms with E-state index in [1.807, 2.05) is 11.8 Å². The van der Waals surface area contributed by atoms with Crippen LogP contribution in [0.25, 0.3) is 0 Å². The van der Waals surface area contributed by atoms with E-state index in [1.54, 1.807) is 0 Å². The largest absolute Gasteiger partial charge is 0.381 e. The lowest BCUT2D eigenvalue weighted by molar-refractivity contribution is 0.0999. The first-order chi connectivity index (χ1) is 8.68. The molecule has 2 atom stereocenters. The Kier molecular flexibility index (Phi) is 5.10. The van der Waals surface area contributed by atoms with Crippen molar-refractivity contribution in [1.29, 1.82) is 0 Å². The Morgan fingerprint density at radius 3 is 2.56 bits per heavy atom. The van der Waals surface area contributed by atoms with Gasteiger partial charge in [-0.1, -0.05) is 24.3 Å². The molecule has 1 aromatic carbocycles. The molecule has 1 aliphatic rings. The first-order valence-electron chi connectivity index (χ1n) is 6.73. The summed E-state index contributed by atoms with van der Waals surface area (Å²) < 4.78 is 5.43. The third-order valence-corrected chi connectivity index (χ3v) is 5.31. The van der Waals surface area contributed by atoms with Gasteiger partial charge in [0.25, 0.3) is 0 Å². The highest BCUT2D eigenvalue weighted by Gasteiger charge is 2.24. The van der Waals surface area contributed by atoms with Gasteiger partial charge in [0.05, 0.1) is 0 Å². The second-order valence-electron chi connectivity index (χ2n) is 5.08. The van der Waals surface area contributed by atoms with Crippen LogP contribution in [0, 0.1) is 6.92 Å². The van der Waals surface area contributed by atoms with E-state index in [0.29, 0.717) is 10.5 Å². The third-order valence-electron chi connectivity index (χ3n) is 3.48. The van der Waals surface area contributed by atoms with Crippen LogP contribution in [0.3, 0.4) is 0 Å². The van der Waals surface area contributed by atoms with Crippen LogP contribution in [0.1, 0.15) is 36.1 Å². The molecule has 1 saturated heterocycles. The zero-order valence-corrected chi connectivity index (χ0v) is 12.1. The van der Waals surface area contributed by atoms with Crippen molar-refractivity contribution in [3.8, 4) is 0 Å². The summed E-state index contributed by atoms with van der Waals surface area (Å²) in [5.41, 5.74) is 8.94. The molecule has 1 aliphatic heterocycles. The average Bonchev–Trinajstić information content (AvgIpc) is 2.38. The molecule has 2 N–H and O–H groups in total. The number of hydrogen-bond donors (Lipinski definition) is 1. The maximum Gasteiger partial charge on any atom is 0.0476 e. The van der Waals surface area contributed by atoms with Crippen molar-refractivity contribution in [2.75, 3.05) is 13.2 Å². The van der Waals surface area contributed by atoms with Gasteiger partial charge in [0.1, 0.15) is 0 Å². The molecular formula is C15H23NOS. The van der Waals surface area contributed by atoms with E-state index < -0.39 is 0 Å². The van der Waals surface area contributed by atoms with Crippen molar-refractivity contribution in [2.45, 2.75) is 43.2 Å². The van der Waals surface area contributed by atoms with Crippen molar-refractivity contribution in [3.63, 3.8) is 0 Å². The first-order valence-corrected chi connectivity index (χ1v) is 7.67. The summed E-state index contributed by atoms with van der Waals surface area (Å²) in [6.07, 6.45) is 2.31. The molecule has 100 valence electrons. The van der Waals surface area contributed by atoms with Crippen LogP contribution in [0.5, 0.6) is 0 Å². The molecule has 0 aliphatic carbocycles. The molecule has 1 heterocycles. The number of rotatable bonds is 4. The van der Waals surface area contributed by atoms with Gasteiger partial charge in [0, 0.05) is 29.8 Å². The number of ether oxygens (including phenoxy) is 1. The van der Waals surface area contributed by atoms with Gasteiger partial charge >= 0.3 is 0 Å². The Labute approximate surface area is 114 Å². The third kappa shape index (κ3) is 3.50. The predicted molar refractivity (Wildman–Crippen MR) is 79.0 cm³/mol. The highest BCUT2D eigenvalue weighted by atomic mass is 32.2. The molecule has 1 fully saturated rings. The van der Waals surface area contributed by atoms with Gasteiger partial charge in [-0.2, -0.15) is 0 Å². The smallest absolute Gasteiger partial charge is 0.0476 e. The molecule has 18 heavy (non-hydrogen) atoms. The van der Waals surface area contributed by atoms with Gasteiger partial charge in [-0.3, -0.25) is 0 Å². The van der Waals surface area contributed by atoms with Crippen LogP contribution in [0.2, 0.25) is 0 Å². The molecule has 3 heteroatoms. The lowest BCUT2D eigenvalue weighted by atomic mass is 10.0. The Morgan fingerprint density at radius 1 is 1.28 bits per heavy atom. The van der Waals surface area contributed by atoms with Crippen LogP contribution in [-0.2, 0) is 4.74 Å². The SMILES string of the molecule is Cc1ccccc1C(SC1CCOCC1)C(C)N. The second kappa shape index (κ2) is 6.60. The lowest BCUT2D eigenvalue weighted by Crippen LogP contribution is -2.27. The molecule has 0 bridgehead atoms. The maximum absolute atomic E-state index is 6.20. The Bertz CT molecular complexity index is 375. The minimum Gasteiger partial charge on any atom is -0.381 e. The molecule has 1 aromatic rings. The van der Waals surface area contributed by atoms with Crippen molar-refractivity contribution >= 4 is 11.8 Å². The van der Waals surface area contributed by atoms with Gasteiger partial charge < -0.3 is 10.5 Å². The summed E-state index contributed by atoms with van der Waals surface area (Å²) >= 11 is 2.04. The molecule has 2 unspecified atom stereocenters. The van der Waals surface area contributed by atoms with Gasteiger partial charge in [0.2, 0.25) is 0 Å². The topological polar surface area (TPSA) is 35.2 Å². The van der Waals surface area contributed by atoms with E-state index in [2.05, 4.69) is 38.1 Å².